The number of rotatable bonds is 3. The van der Waals surface area contributed by atoms with Crippen LogP contribution in [-0.2, 0) is 0 Å². The molecule has 0 aliphatic carbocycles. The van der Waals surface area contributed by atoms with Crippen LogP contribution in [0.5, 0.6) is 17.2 Å². The van der Waals surface area contributed by atoms with Crippen molar-refractivity contribution in [3.8, 4) is 17.2 Å². The highest BCUT2D eigenvalue weighted by molar-refractivity contribution is 5.87. The van der Waals surface area contributed by atoms with E-state index in [-0.39, 0.29) is 0 Å². The summed E-state index contributed by atoms with van der Waals surface area (Å²) in [7, 11) is 0. The largest absolute Gasteiger partial charge is 0.488 e. The molecule has 1 N–H and O–H groups in total. The predicted octanol–water partition coefficient (Wildman–Crippen LogP) is 3.71. The van der Waals surface area contributed by atoms with Crippen LogP contribution in [-0.4, -0.2) is 18.0 Å². The van der Waals surface area contributed by atoms with Gasteiger partial charge >= 0.3 is 0 Å². The van der Waals surface area contributed by atoms with E-state index >= 15 is 0 Å². The van der Waals surface area contributed by atoms with Gasteiger partial charge in [0.2, 0.25) is 0 Å². The molecule has 0 saturated heterocycles. The molecule has 0 fully saturated rings. The minimum atomic E-state index is 0.399. The average Bonchev–Trinajstić information content (AvgIpc) is 2.48. The first-order valence-electron chi connectivity index (χ1n) is 6.23. The molecule has 4 heteroatoms. The molecule has 0 saturated carbocycles. The first kappa shape index (κ1) is 12.3. The van der Waals surface area contributed by atoms with Crippen LogP contribution in [0.15, 0.2) is 59.3 Å². The van der Waals surface area contributed by atoms with Crippen molar-refractivity contribution >= 4 is 12.3 Å². The number of hydrogen-bond acceptors (Lipinski definition) is 4. The van der Waals surface area contributed by atoms with Crippen molar-refractivity contribution in [2.45, 2.75) is 0 Å². The van der Waals surface area contributed by atoms with Crippen molar-refractivity contribution in [3.63, 3.8) is 0 Å². The Labute approximate surface area is 116 Å². The summed E-state index contributed by atoms with van der Waals surface area (Å²) in [6.45, 7) is 0.399. The fourth-order valence-corrected chi connectivity index (χ4v) is 2.01. The molecule has 1 aliphatic rings. The van der Waals surface area contributed by atoms with E-state index in [0.717, 1.165) is 28.4 Å². The second-order valence-electron chi connectivity index (χ2n) is 4.37. The van der Waals surface area contributed by atoms with Gasteiger partial charge in [0.15, 0.2) is 0 Å². The minimum absolute atomic E-state index is 0.399. The van der Waals surface area contributed by atoms with Gasteiger partial charge in [-0.25, -0.2) is 0 Å². The summed E-state index contributed by atoms with van der Waals surface area (Å²) >= 11 is 0. The first-order chi connectivity index (χ1) is 9.85. The summed E-state index contributed by atoms with van der Waals surface area (Å²) in [6.07, 6.45) is 3.28. The predicted molar refractivity (Wildman–Crippen MR) is 76.7 cm³/mol. The lowest BCUT2D eigenvalue weighted by molar-refractivity contribution is 0.319. The molecule has 1 heterocycles. The number of nitrogens with zero attached hydrogens (tertiary/aromatic N) is 1. The first-order valence-corrected chi connectivity index (χ1v) is 6.23. The molecule has 0 bridgehead atoms. The van der Waals surface area contributed by atoms with E-state index in [9.17, 15) is 0 Å². The van der Waals surface area contributed by atoms with Gasteiger partial charge in [-0.1, -0.05) is 23.4 Å². The molecular weight excluding hydrogens is 254 g/mol. The molecule has 0 radical (unpaired) electrons. The molecule has 2 aromatic rings. The highest BCUT2D eigenvalue weighted by atomic mass is 16.5. The van der Waals surface area contributed by atoms with Crippen molar-refractivity contribution in [3.05, 3.63) is 59.7 Å². The summed E-state index contributed by atoms with van der Waals surface area (Å²) < 4.78 is 11.3. The fraction of sp³-hybridized carbons (Fsp3) is 0.0625. The highest BCUT2D eigenvalue weighted by Gasteiger charge is 2.11. The molecule has 20 heavy (non-hydrogen) atoms. The van der Waals surface area contributed by atoms with Gasteiger partial charge in [-0.2, -0.15) is 0 Å². The number of para-hydroxylation sites is 1. The van der Waals surface area contributed by atoms with Crippen LogP contribution in [0.25, 0.3) is 6.08 Å². The van der Waals surface area contributed by atoms with Crippen molar-refractivity contribution in [1.29, 1.82) is 0 Å². The maximum atomic E-state index is 8.56. The van der Waals surface area contributed by atoms with E-state index in [1.807, 2.05) is 54.6 Å². The Morgan fingerprint density at radius 2 is 1.95 bits per heavy atom. The van der Waals surface area contributed by atoms with Gasteiger partial charge in [-0.05, 0) is 36.4 Å². The van der Waals surface area contributed by atoms with Crippen molar-refractivity contribution < 1.29 is 14.7 Å². The maximum absolute atomic E-state index is 8.56. The van der Waals surface area contributed by atoms with Crippen LogP contribution in [0, 0.1) is 0 Å². The zero-order valence-corrected chi connectivity index (χ0v) is 10.7. The van der Waals surface area contributed by atoms with Crippen LogP contribution < -0.4 is 9.47 Å². The number of fused-ring (bicyclic) bond motifs is 1. The van der Waals surface area contributed by atoms with Gasteiger partial charge in [0.05, 0.1) is 6.21 Å². The molecule has 1 aliphatic heterocycles. The second-order valence-corrected chi connectivity index (χ2v) is 4.37. The lowest BCUT2D eigenvalue weighted by Crippen LogP contribution is -2.08. The lowest BCUT2D eigenvalue weighted by Gasteiger charge is -2.16. The van der Waals surface area contributed by atoms with E-state index in [4.69, 9.17) is 14.7 Å². The molecular formula is C16H13NO3. The van der Waals surface area contributed by atoms with E-state index in [2.05, 4.69) is 5.16 Å². The minimum Gasteiger partial charge on any atom is -0.488 e. The summed E-state index contributed by atoms with van der Waals surface area (Å²) in [4.78, 5) is 0. The third-order valence-corrected chi connectivity index (χ3v) is 2.92. The maximum Gasteiger partial charge on any atom is 0.128 e. The van der Waals surface area contributed by atoms with Crippen LogP contribution in [0.2, 0.25) is 0 Å². The van der Waals surface area contributed by atoms with Crippen LogP contribution in [0.3, 0.4) is 0 Å². The summed E-state index contributed by atoms with van der Waals surface area (Å²) in [6, 6.07) is 15.2. The van der Waals surface area contributed by atoms with E-state index in [1.54, 1.807) is 0 Å². The topological polar surface area (TPSA) is 51.1 Å². The van der Waals surface area contributed by atoms with Gasteiger partial charge in [0.25, 0.3) is 0 Å². The van der Waals surface area contributed by atoms with Crippen LogP contribution in [0.1, 0.15) is 5.56 Å². The Morgan fingerprint density at radius 3 is 2.75 bits per heavy atom. The Morgan fingerprint density at radius 1 is 1.10 bits per heavy atom. The van der Waals surface area contributed by atoms with Crippen molar-refractivity contribution in [2.24, 2.45) is 5.16 Å². The number of benzene rings is 2. The van der Waals surface area contributed by atoms with Gasteiger partial charge in [0, 0.05) is 11.1 Å². The van der Waals surface area contributed by atoms with E-state index in [0.29, 0.717) is 6.61 Å². The smallest absolute Gasteiger partial charge is 0.128 e. The molecule has 3 rings (SSSR count). The summed E-state index contributed by atoms with van der Waals surface area (Å²) in [5.41, 5.74) is 1.71. The zero-order valence-electron chi connectivity index (χ0n) is 10.7. The third kappa shape index (κ3) is 2.64. The zero-order chi connectivity index (χ0) is 13.8. The normalized spacial score (nSPS) is 13.5. The molecule has 0 atom stereocenters. The number of ether oxygens (including phenoxy) is 2. The summed E-state index contributed by atoms with van der Waals surface area (Å²) in [5, 5.41) is 11.6. The summed E-state index contributed by atoms with van der Waals surface area (Å²) in [5.74, 6) is 2.31. The molecule has 4 nitrogen and oxygen atoms in total. The standard InChI is InChI=1S/C16H13NO3/c18-17-10-12-8-13-9-15(6-7-16(13)19-11-12)20-14-4-2-1-3-5-14/h1-10,18H,11H2/b17-10+. The average molecular weight is 267 g/mol. The molecule has 0 amide bonds. The SMILES string of the molecule is O/N=C/C1=Cc2cc(Oc3ccccc3)ccc2OC1. The second kappa shape index (κ2) is 5.48. The molecule has 0 spiro atoms. The Kier molecular flexibility index (Phi) is 3.37. The van der Waals surface area contributed by atoms with E-state index in [1.165, 1.54) is 6.21 Å². The van der Waals surface area contributed by atoms with E-state index < -0.39 is 0 Å². The van der Waals surface area contributed by atoms with Crippen molar-refractivity contribution in [2.75, 3.05) is 6.61 Å². The van der Waals surface area contributed by atoms with Gasteiger partial charge in [-0.15, -0.1) is 0 Å². The van der Waals surface area contributed by atoms with Crippen molar-refractivity contribution in [1.82, 2.24) is 0 Å². The highest BCUT2D eigenvalue weighted by Crippen LogP contribution is 2.31. The number of oxime groups is 1. The molecule has 100 valence electrons. The lowest BCUT2D eigenvalue weighted by atomic mass is 10.1. The molecule has 2 aromatic carbocycles. The Balaban J connectivity index is 1.88. The Hall–Kier alpha value is -2.75. The van der Waals surface area contributed by atoms with Gasteiger partial charge < -0.3 is 14.7 Å². The molecule has 0 unspecified atom stereocenters. The quantitative estimate of drug-likeness (QED) is 0.524. The third-order valence-electron chi connectivity index (χ3n) is 2.92. The number of hydrogen-bond donors (Lipinski definition) is 1. The molecule has 0 aromatic heterocycles. The van der Waals surface area contributed by atoms with Gasteiger partial charge in [0.1, 0.15) is 23.9 Å². The fourth-order valence-electron chi connectivity index (χ4n) is 2.01. The van der Waals surface area contributed by atoms with Gasteiger partial charge in [-0.3, -0.25) is 0 Å². The van der Waals surface area contributed by atoms with Crippen LogP contribution in [0.4, 0.5) is 0 Å². The monoisotopic (exact) mass is 267 g/mol. The van der Waals surface area contributed by atoms with Crippen LogP contribution >= 0.6 is 0 Å². The Bertz CT molecular complexity index is 663.